The molecule has 2 aromatic rings. The maximum Gasteiger partial charge on any atom is 0.401 e. The highest BCUT2D eigenvalue weighted by molar-refractivity contribution is 5.70. The minimum absolute atomic E-state index is 0.129. The molecule has 0 saturated heterocycles. The summed E-state index contributed by atoms with van der Waals surface area (Å²) in [5.41, 5.74) is -1.20. The Morgan fingerprint density at radius 1 is 1.40 bits per heavy atom. The summed E-state index contributed by atoms with van der Waals surface area (Å²) in [6, 6.07) is 7.65. The van der Waals surface area contributed by atoms with E-state index in [9.17, 15) is 15.2 Å². The fourth-order valence-corrected chi connectivity index (χ4v) is 1.34. The largest absolute Gasteiger partial charge is 0.424 e. The second kappa shape index (κ2) is 2.99. The second-order valence-electron chi connectivity index (χ2n) is 2.88. The Hall–Kier alpha value is -2.55. The van der Waals surface area contributed by atoms with Crippen molar-refractivity contribution >= 4 is 11.0 Å². The second-order valence-corrected chi connectivity index (χ2v) is 2.88. The number of nitriles is 1. The average Bonchev–Trinajstić information content (AvgIpc) is 2.27. The molecule has 0 aliphatic heterocycles. The van der Waals surface area contributed by atoms with Crippen molar-refractivity contribution in [2.75, 3.05) is 0 Å². The van der Waals surface area contributed by atoms with Crippen LogP contribution in [0.1, 0.15) is 5.69 Å². The van der Waals surface area contributed by atoms with Gasteiger partial charge >= 0.3 is 11.3 Å². The first-order valence-electron chi connectivity index (χ1n) is 4.05. The molecule has 74 valence electrons. The molecule has 0 amide bonds. The maximum atomic E-state index is 11.3. The summed E-state index contributed by atoms with van der Waals surface area (Å²) in [6.07, 6.45) is 0. The van der Waals surface area contributed by atoms with Crippen molar-refractivity contribution in [1.82, 2.24) is 4.73 Å². The normalized spacial score (nSPS) is 10.1. The van der Waals surface area contributed by atoms with Crippen molar-refractivity contribution in [2.24, 2.45) is 0 Å². The molecule has 6 nitrogen and oxygen atoms in total. The zero-order valence-electron chi connectivity index (χ0n) is 7.45. The van der Waals surface area contributed by atoms with Crippen LogP contribution in [0.4, 0.5) is 0 Å². The molecule has 2 rings (SSSR count). The van der Waals surface area contributed by atoms with Crippen LogP contribution in [0.25, 0.3) is 11.0 Å². The molecule has 0 aliphatic carbocycles. The minimum atomic E-state index is -0.960. The molecule has 1 aromatic heterocycles. The number of hydrogen-bond acceptors (Lipinski definition) is 4. The zero-order valence-corrected chi connectivity index (χ0v) is 7.45. The number of fused-ring (bicyclic) bond motifs is 1. The summed E-state index contributed by atoms with van der Waals surface area (Å²) in [5.74, 6) is 0. The fourth-order valence-electron chi connectivity index (χ4n) is 1.34. The number of para-hydroxylation sites is 2. The molecule has 0 atom stereocenters. The zero-order chi connectivity index (χ0) is 11.0. The van der Waals surface area contributed by atoms with Crippen molar-refractivity contribution in [3.63, 3.8) is 0 Å². The maximum absolute atomic E-state index is 11.3. The van der Waals surface area contributed by atoms with E-state index < -0.39 is 11.3 Å². The lowest BCUT2D eigenvalue weighted by Crippen LogP contribution is -2.44. The topological polar surface area (TPSA) is 90.1 Å². The first-order chi connectivity index (χ1) is 7.16. The number of aromatic nitrogens is 2. The van der Waals surface area contributed by atoms with E-state index in [1.807, 2.05) is 0 Å². The van der Waals surface area contributed by atoms with E-state index in [4.69, 9.17) is 5.26 Å². The van der Waals surface area contributed by atoms with E-state index in [0.717, 1.165) is 0 Å². The van der Waals surface area contributed by atoms with Crippen LogP contribution in [0.2, 0.25) is 0 Å². The van der Waals surface area contributed by atoms with Crippen molar-refractivity contribution in [2.45, 2.75) is 0 Å². The number of rotatable bonds is 0. The van der Waals surface area contributed by atoms with Crippen LogP contribution >= 0.6 is 0 Å². The van der Waals surface area contributed by atoms with Gasteiger partial charge in [0.15, 0.2) is 11.6 Å². The predicted molar refractivity (Wildman–Crippen MR) is 47.5 cm³/mol. The summed E-state index contributed by atoms with van der Waals surface area (Å²) in [4.78, 5) is 11.3. The molecule has 0 bridgehead atoms. The number of benzene rings is 1. The molecule has 2 N–H and O–H groups in total. The lowest BCUT2D eigenvalue weighted by atomic mass is 10.3. The van der Waals surface area contributed by atoms with Crippen molar-refractivity contribution in [3.8, 4) is 6.07 Å². The van der Waals surface area contributed by atoms with Gasteiger partial charge in [-0.25, -0.2) is 0 Å². The monoisotopic (exact) mass is 204 g/mol. The lowest BCUT2D eigenvalue weighted by molar-refractivity contribution is -0.887. The van der Waals surface area contributed by atoms with E-state index >= 15 is 0 Å². The van der Waals surface area contributed by atoms with Gasteiger partial charge in [0.1, 0.15) is 0 Å². The van der Waals surface area contributed by atoms with Gasteiger partial charge in [-0.1, -0.05) is 12.1 Å². The lowest BCUT2D eigenvalue weighted by Gasteiger charge is -1.99. The molecular weight excluding hydrogens is 198 g/mol. The van der Waals surface area contributed by atoms with Crippen molar-refractivity contribution in [1.29, 1.82) is 5.26 Å². The van der Waals surface area contributed by atoms with Crippen LogP contribution in [-0.4, -0.2) is 15.1 Å². The smallest absolute Gasteiger partial charge is 0.401 e. The highest BCUT2D eigenvalue weighted by atomic mass is 16.5. The summed E-state index contributed by atoms with van der Waals surface area (Å²) >= 11 is 0. The van der Waals surface area contributed by atoms with Gasteiger partial charge in [-0.15, -0.1) is 4.73 Å². The van der Waals surface area contributed by atoms with Crippen LogP contribution in [-0.2, 0) is 0 Å². The van der Waals surface area contributed by atoms with E-state index in [1.54, 1.807) is 12.1 Å². The molecule has 1 aromatic carbocycles. The fraction of sp³-hybridized carbons (Fsp3) is 0. The highest BCUT2D eigenvalue weighted by Gasteiger charge is 2.23. The highest BCUT2D eigenvalue weighted by Crippen LogP contribution is 2.05. The number of hydrogen-bond donors (Lipinski definition) is 2. The molecule has 0 spiro atoms. The molecule has 15 heavy (non-hydrogen) atoms. The average molecular weight is 204 g/mol. The van der Waals surface area contributed by atoms with Gasteiger partial charge in [0, 0.05) is 10.8 Å². The molecule has 0 saturated carbocycles. The Morgan fingerprint density at radius 3 is 2.73 bits per heavy atom. The SMILES string of the molecule is N#Cc1c(=O)n(O)c2ccccc2[n+]1O. The number of nitrogens with zero attached hydrogens (tertiary/aromatic N) is 3. The van der Waals surface area contributed by atoms with E-state index in [0.29, 0.717) is 9.46 Å². The Labute approximate surface area is 83.4 Å². The Kier molecular flexibility index (Phi) is 1.80. The quantitative estimate of drug-likeness (QED) is 0.452. The van der Waals surface area contributed by atoms with Gasteiger partial charge in [0.05, 0.1) is 0 Å². The summed E-state index contributed by atoms with van der Waals surface area (Å²) in [6.45, 7) is 0. The molecule has 0 radical (unpaired) electrons. The summed E-state index contributed by atoms with van der Waals surface area (Å²) < 4.78 is 0.797. The molecular formula is C9H6N3O3+. The molecule has 0 aliphatic rings. The Morgan fingerprint density at radius 2 is 2.07 bits per heavy atom. The molecule has 0 fully saturated rings. The standard InChI is InChI=1S/C9H6N3O3/c10-5-8-9(13)12(15)7-4-2-1-3-6(7)11(8)14/h1-4,14-15H/q+1. The third-order valence-electron chi connectivity index (χ3n) is 2.05. The third kappa shape index (κ3) is 1.10. The van der Waals surface area contributed by atoms with E-state index in [1.165, 1.54) is 18.2 Å². The van der Waals surface area contributed by atoms with Crippen LogP contribution < -0.4 is 10.3 Å². The Bertz CT molecular complexity index is 639. The predicted octanol–water partition coefficient (Wildman–Crippen LogP) is -0.365. The molecule has 1 heterocycles. The van der Waals surface area contributed by atoms with Crippen molar-refractivity contribution < 1.29 is 15.1 Å². The van der Waals surface area contributed by atoms with Gasteiger partial charge < -0.3 is 5.21 Å². The van der Waals surface area contributed by atoms with Crippen LogP contribution in [0, 0.1) is 11.3 Å². The summed E-state index contributed by atoms with van der Waals surface area (Å²) in [7, 11) is 0. The minimum Gasteiger partial charge on any atom is -0.424 e. The summed E-state index contributed by atoms with van der Waals surface area (Å²) in [5, 5.41) is 27.6. The van der Waals surface area contributed by atoms with Crippen LogP contribution in [0.15, 0.2) is 29.1 Å². The first-order valence-corrected chi connectivity index (χ1v) is 4.05. The van der Waals surface area contributed by atoms with E-state index in [-0.39, 0.29) is 11.0 Å². The van der Waals surface area contributed by atoms with Gasteiger partial charge in [-0.05, 0) is 6.07 Å². The van der Waals surface area contributed by atoms with Crippen LogP contribution in [0.3, 0.4) is 0 Å². The van der Waals surface area contributed by atoms with Crippen molar-refractivity contribution in [3.05, 3.63) is 40.3 Å². The molecule has 6 heteroatoms. The molecule has 0 unspecified atom stereocenters. The third-order valence-corrected chi connectivity index (χ3v) is 2.05. The Balaban J connectivity index is 3.12. The van der Waals surface area contributed by atoms with E-state index in [2.05, 4.69) is 0 Å². The van der Waals surface area contributed by atoms with Crippen LogP contribution in [0.5, 0.6) is 0 Å². The van der Waals surface area contributed by atoms with Gasteiger partial charge in [0.2, 0.25) is 0 Å². The first kappa shape index (κ1) is 9.02. The van der Waals surface area contributed by atoms with Gasteiger partial charge in [-0.2, -0.15) is 5.26 Å². The van der Waals surface area contributed by atoms with Gasteiger partial charge in [-0.3, -0.25) is 10.0 Å². The van der Waals surface area contributed by atoms with Gasteiger partial charge in [0.25, 0.3) is 5.52 Å².